The molecule has 2 aromatic rings. The molecule has 146 valence electrons. The Morgan fingerprint density at radius 3 is 2.61 bits per heavy atom. The smallest absolute Gasteiger partial charge is 0.274 e. The summed E-state index contributed by atoms with van der Waals surface area (Å²) in [7, 11) is 0. The van der Waals surface area contributed by atoms with E-state index in [0.717, 1.165) is 25.1 Å². The van der Waals surface area contributed by atoms with E-state index in [4.69, 9.17) is 4.74 Å². The van der Waals surface area contributed by atoms with Crippen LogP contribution in [0.4, 0.5) is 10.1 Å². The van der Waals surface area contributed by atoms with Gasteiger partial charge in [-0.05, 0) is 39.7 Å². The zero-order valence-electron chi connectivity index (χ0n) is 16.2. The van der Waals surface area contributed by atoms with Crippen molar-refractivity contribution >= 4 is 11.6 Å². The van der Waals surface area contributed by atoms with E-state index in [1.165, 1.54) is 11.0 Å². The Labute approximate surface area is 162 Å². The van der Waals surface area contributed by atoms with Crippen molar-refractivity contribution in [1.82, 2.24) is 9.36 Å². The van der Waals surface area contributed by atoms with Crippen molar-refractivity contribution in [3.63, 3.8) is 0 Å². The number of rotatable bonds is 2. The third-order valence-electron chi connectivity index (χ3n) is 5.42. The number of amides is 1. The van der Waals surface area contributed by atoms with Crippen molar-refractivity contribution in [2.45, 2.75) is 52.8 Å². The topological polar surface area (TPSA) is 56.5 Å². The van der Waals surface area contributed by atoms with Gasteiger partial charge in [-0.3, -0.25) is 19.2 Å². The molecule has 0 aliphatic carbocycles. The Bertz CT molecular complexity index is 1090. The van der Waals surface area contributed by atoms with E-state index in [2.05, 4.69) is 11.8 Å². The van der Waals surface area contributed by atoms with Crippen LogP contribution < -0.4 is 15.2 Å². The minimum Gasteiger partial charge on any atom is -0.479 e. The van der Waals surface area contributed by atoms with Gasteiger partial charge in [-0.2, -0.15) is 0 Å². The highest BCUT2D eigenvalue weighted by Crippen LogP contribution is 2.39. The second kappa shape index (κ2) is 6.86. The number of ether oxygens (including phenoxy) is 1. The molecular formula is C21H22FN3O3. The second-order valence-corrected chi connectivity index (χ2v) is 7.13. The summed E-state index contributed by atoms with van der Waals surface area (Å²) in [5, 5.41) is 0. The van der Waals surface area contributed by atoms with Crippen LogP contribution in [0.15, 0.2) is 16.9 Å². The average Bonchev–Trinajstić information content (AvgIpc) is 2.93. The number of nitrogens with zero attached hydrogens (tertiary/aromatic N) is 3. The standard InChI is InChI=1S/C21H22FN3O3/c1-4-5-8-23-17-11-15(16(22)12-18(17)28-14(3)20(23)26)19-13(2)24-9-6-7-10-25(24)21(19)27/h11-12,14H,6-10H2,1-3H3. The van der Waals surface area contributed by atoms with Gasteiger partial charge in [-0.25, -0.2) is 9.07 Å². The molecule has 4 rings (SSSR count). The van der Waals surface area contributed by atoms with Crippen LogP contribution in [0.25, 0.3) is 11.1 Å². The molecule has 28 heavy (non-hydrogen) atoms. The van der Waals surface area contributed by atoms with Gasteiger partial charge >= 0.3 is 0 Å². The number of carbonyl (C=O) groups is 1. The van der Waals surface area contributed by atoms with Gasteiger partial charge in [0, 0.05) is 30.4 Å². The Hall–Kier alpha value is -3.01. The van der Waals surface area contributed by atoms with Crippen LogP contribution >= 0.6 is 0 Å². The second-order valence-electron chi connectivity index (χ2n) is 7.13. The Kier molecular flexibility index (Phi) is 4.50. The van der Waals surface area contributed by atoms with E-state index in [1.54, 1.807) is 24.6 Å². The van der Waals surface area contributed by atoms with E-state index in [9.17, 15) is 9.59 Å². The van der Waals surface area contributed by atoms with E-state index >= 15 is 4.39 Å². The molecule has 0 fully saturated rings. The highest BCUT2D eigenvalue weighted by Gasteiger charge is 2.33. The zero-order valence-corrected chi connectivity index (χ0v) is 16.2. The molecule has 1 amide bonds. The fourth-order valence-electron chi connectivity index (χ4n) is 3.99. The average molecular weight is 383 g/mol. The predicted molar refractivity (Wildman–Crippen MR) is 104 cm³/mol. The third kappa shape index (κ3) is 2.71. The monoisotopic (exact) mass is 383 g/mol. The number of hydrogen-bond donors (Lipinski definition) is 0. The summed E-state index contributed by atoms with van der Waals surface area (Å²) >= 11 is 0. The van der Waals surface area contributed by atoms with Crippen LogP contribution in [0.5, 0.6) is 5.75 Å². The number of anilines is 1. The van der Waals surface area contributed by atoms with Gasteiger partial charge in [-0.1, -0.05) is 5.92 Å². The first-order valence-electron chi connectivity index (χ1n) is 9.45. The summed E-state index contributed by atoms with van der Waals surface area (Å²) in [5.41, 5.74) is 1.51. The summed E-state index contributed by atoms with van der Waals surface area (Å²) < 4.78 is 24.2. The molecule has 1 aromatic heterocycles. The minimum atomic E-state index is -0.717. The largest absolute Gasteiger partial charge is 0.479 e. The molecule has 3 heterocycles. The van der Waals surface area contributed by atoms with Crippen molar-refractivity contribution in [3.05, 3.63) is 34.0 Å². The Morgan fingerprint density at radius 2 is 1.93 bits per heavy atom. The fourth-order valence-corrected chi connectivity index (χ4v) is 3.99. The van der Waals surface area contributed by atoms with E-state index in [-0.39, 0.29) is 29.3 Å². The fraction of sp³-hybridized carbons (Fsp3) is 0.429. The highest BCUT2D eigenvalue weighted by molar-refractivity contribution is 6.01. The molecule has 0 saturated heterocycles. The maximum atomic E-state index is 15.0. The summed E-state index contributed by atoms with van der Waals surface area (Å²) in [6.07, 6.45) is 1.20. The number of carbonyl (C=O) groups excluding carboxylic acids is 1. The summed E-state index contributed by atoms with van der Waals surface area (Å²) in [4.78, 5) is 27.0. The lowest BCUT2D eigenvalue weighted by Crippen LogP contribution is -2.44. The maximum absolute atomic E-state index is 15.0. The van der Waals surface area contributed by atoms with Crippen molar-refractivity contribution in [3.8, 4) is 28.7 Å². The van der Waals surface area contributed by atoms with Crippen LogP contribution in [0.2, 0.25) is 0 Å². The van der Waals surface area contributed by atoms with Crippen LogP contribution in [0.1, 0.15) is 32.4 Å². The number of halogens is 1. The van der Waals surface area contributed by atoms with Gasteiger partial charge in [0.2, 0.25) is 0 Å². The molecule has 1 atom stereocenters. The van der Waals surface area contributed by atoms with Gasteiger partial charge < -0.3 is 4.74 Å². The number of aromatic nitrogens is 2. The van der Waals surface area contributed by atoms with Crippen molar-refractivity contribution in [1.29, 1.82) is 0 Å². The van der Waals surface area contributed by atoms with E-state index < -0.39 is 11.9 Å². The van der Waals surface area contributed by atoms with Gasteiger partial charge in [-0.15, -0.1) is 5.92 Å². The quantitative estimate of drug-likeness (QED) is 0.750. The van der Waals surface area contributed by atoms with Gasteiger partial charge in [0.15, 0.2) is 6.10 Å². The van der Waals surface area contributed by atoms with Crippen molar-refractivity contribution in [2.24, 2.45) is 0 Å². The summed E-state index contributed by atoms with van der Waals surface area (Å²) in [6, 6.07) is 2.81. The first-order valence-corrected chi connectivity index (χ1v) is 9.45. The van der Waals surface area contributed by atoms with Gasteiger partial charge in [0.25, 0.3) is 11.5 Å². The molecule has 7 heteroatoms. The molecule has 0 N–H and O–H groups in total. The molecular weight excluding hydrogens is 361 g/mol. The first kappa shape index (κ1) is 18.4. The lowest BCUT2D eigenvalue weighted by molar-refractivity contribution is -0.125. The minimum absolute atomic E-state index is 0.186. The molecule has 2 aliphatic rings. The lowest BCUT2D eigenvalue weighted by Gasteiger charge is -2.32. The Balaban J connectivity index is 1.91. The van der Waals surface area contributed by atoms with Crippen molar-refractivity contribution in [2.75, 3.05) is 11.4 Å². The molecule has 6 nitrogen and oxygen atoms in total. The zero-order chi connectivity index (χ0) is 20.0. The summed E-state index contributed by atoms with van der Waals surface area (Å²) in [5.74, 6) is 5.17. The van der Waals surface area contributed by atoms with E-state index in [1.807, 2.05) is 11.6 Å². The molecule has 0 bridgehead atoms. The van der Waals surface area contributed by atoms with Crippen molar-refractivity contribution < 1.29 is 13.9 Å². The van der Waals surface area contributed by atoms with Gasteiger partial charge in [0.1, 0.15) is 11.6 Å². The summed E-state index contributed by atoms with van der Waals surface area (Å²) in [6.45, 7) is 6.71. The Morgan fingerprint density at radius 1 is 1.21 bits per heavy atom. The van der Waals surface area contributed by atoms with Crippen LogP contribution in [-0.2, 0) is 17.9 Å². The molecule has 1 aromatic carbocycles. The van der Waals surface area contributed by atoms with Gasteiger partial charge in [0.05, 0.1) is 17.8 Å². The lowest BCUT2D eigenvalue weighted by atomic mass is 10.0. The SMILES string of the molecule is CC#CCN1C(=O)C(C)Oc2cc(F)c(-c3c(C)n4n(c3=O)CCCC4)cc21. The van der Waals surface area contributed by atoms with Crippen LogP contribution in [0.3, 0.4) is 0 Å². The molecule has 0 saturated carbocycles. The molecule has 0 radical (unpaired) electrons. The van der Waals surface area contributed by atoms with Crippen LogP contribution in [0, 0.1) is 24.6 Å². The predicted octanol–water partition coefficient (Wildman–Crippen LogP) is 2.70. The molecule has 2 aliphatic heterocycles. The first-order chi connectivity index (χ1) is 13.4. The number of fused-ring (bicyclic) bond motifs is 2. The third-order valence-corrected chi connectivity index (χ3v) is 5.42. The normalized spacial score (nSPS) is 18.1. The highest BCUT2D eigenvalue weighted by atomic mass is 19.1. The molecule has 1 unspecified atom stereocenters. The van der Waals surface area contributed by atoms with Crippen LogP contribution in [-0.4, -0.2) is 27.9 Å². The number of benzene rings is 1. The molecule has 0 spiro atoms. The van der Waals surface area contributed by atoms with E-state index in [0.29, 0.717) is 17.8 Å². The number of hydrogen-bond acceptors (Lipinski definition) is 3. The maximum Gasteiger partial charge on any atom is 0.274 e.